The van der Waals surface area contributed by atoms with Crippen molar-refractivity contribution in [3.8, 4) is 0 Å². The van der Waals surface area contributed by atoms with E-state index in [2.05, 4.69) is 20.7 Å². The molecule has 0 aliphatic carbocycles. The molecular weight excluding hydrogens is 558 g/mol. The standard InChI is InChI=1S/C28H38ClN3O7S/c1-30-24(12-19-6-5-10-38-18-19)17-32-27(33)22-13-21(15-25(16-22)40(3,35)36)26(20-7-4-8-23(29)14-20)39-11-9-31-28(34)37-2/h4,7-8,13-16,19,24,26,30H,5-6,9-12,17-18H2,1-3H3,(H,31,34)(H,32,33). The van der Waals surface area contributed by atoms with Gasteiger partial charge in [0.2, 0.25) is 0 Å². The molecular formula is C28H38ClN3O7S. The number of likely N-dealkylation sites (N-methyl/N-ethyl adjacent to an activating group) is 1. The van der Waals surface area contributed by atoms with E-state index in [4.69, 9.17) is 21.1 Å². The van der Waals surface area contributed by atoms with Crippen molar-refractivity contribution >= 4 is 33.4 Å². The van der Waals surface area contributed by atoms with Gasteiger partial charge in [0.05, 0.1) is 18.6 Å². The fourth-order valence-corrected chi connectivity index (χ4v) is 5.48. The van der Waals surface area contributed by atoms with Crippen LogP contribution in [0.4, 0.5) is 4.79 Å². The van der Waals surface area contributed by atoms with Crippen molar-refractivity contribution in [3.05, 3.63) is 64.2 Å². The number of alkyl carbamates (subject to hydrolysis) is 1. The van der Waals surface area contributed by atoms with E-state index < -0.39 is 27.9 Å². The van der Waals surface area contributed by atoms with Crippen LogP contribution in [-0.2, 0) is 24.0 Å². The minimum absolute atomic E-state index is 0.0111. The zero-order chi connectivity index (χ0) is 29.1. The third-order valence-electron chi connectivity index (χ3n) is 6.70. The third kappa shape index (κ3) is 9.74. The number of hydrogen-bond donors (Lipinski definition) is 3. The summed E-state index contributed by atoms with van der Waals surface area (Å²) in [5.41, 5.74) is 1.31. The Kier molecular flexibility index (Phi) is 12.2. The Bertz CT molecular complexity index is 1250. The van der Waals surface area contributed by atoms with E-state index in [9.17, 15) is 18.0 Å². The van der Waals surface area contributed by atoms with E-state index in [0.29, 0.717) is 35.2 Å². The minimum atomic E-state index is -3.66. The van der Waals surface area contributed by atoms with Crippen LogP contribution in [0.3, 0.4) is 0 Å². The second-order valence-electron chi connectivity index (χ2n) is 9.80. The normalized spacial score (nSPS) is 17.1. The first-order valence-corrected chi connectivity index (χ1v) is 15.4. The van der Waals surface area contributed by atoms with Gasteiger partial charge in [-0.3, -0.25) is 4.79 Å². The maximum atomic E-state index is 13.3. The van der Waals surface area contributed by atoms with Gasteiger partial charge in [0.25, 0.3) is 5.91 Å². The SMILES string of the molecule is CNC(CNC(=O)c1cc(C(OCCNC(=O)OC)c2cccc(Cl)c2)cc(S(C)(=O)=O)c1)CC1CCCOC1. The molecule has 3 atom stereocenters. The molecule has 1 fully saturated rings. The number of nitrogens with one attached hydrogen (secondary N) is 3. The Balaban J connectivity index is 1.85. The number of halogens is 1. The van der Waals surface area contributed by atoms with Gasteiger partial charge in [-0.05, 0) is 73.7 Å². The average Bonchev–Trinajstić information content (AvgIpc) is 2.94. The first kappa shape index (κ1) is 31.8. The number of sulfone groups is 1. The molecule has 2 amide bonds. The lowest BCUT2D eigenvalue weighted by Gasteiger charge is -2.26. The van der Waals surface area contributed by atoms with Gasteiger partial charge in [0.15, 0.2) is 9.84 Å². The summed E-state index contributed by atoms with van der Waals surface area (Å²) in [5, 5.41) is 9.21. The van der Waals surface area contributed by atoms with E-state index in [-0.39, 0.29) is 29.7 Å². The van der Waals surface area contributed by atoms with E-state index in [1.807, 2.05) is 7.05 Å². The van der Waals surface area contributed by atoms with E-state index in [0.717, 1.165) is 32.1 Å². The van der Waals surface area contributed by atoms with E-state index >= 15 is 0 Å². The molecule has 10 nitrogen and oxygen atoms in total. The summed E-state index contributed by atoms with van der Waals surface area (Å²) < 4.78 is 41.4. The molecule has 1 heterocycles. The highest BCUT2D eigenvalue weighted by Crippen LogP contribution is 2.30. The molecule has 0 bridgehead atoms. The highest BCUT2D eigenvalue weighted by atomic mass is 35.5. The van der Waals surface area contributed by atoms with Crippen LogP contribution in [-0.4, -0.2) is 79.8 Å². The summed E-state index contributed by atoms with van der Waals surface area (Å²) in [6.07, 6.45) is 2.71. The molecule has 3 unspecified atom stereocenters. The zero-order valence-corrected chi connectivity index (χ0v) is 24.6. The van der Waals surface area contributed by atoms with Crippen molar-refractivity contribution in [1.29, 1.82) is 0 Å². The van der Waals surface area contributed by atoms with Crippen LogP contribution in [0.15, 0.2) is 47.4 Å². The molecule has 0 spiro atoms. The maximum Gasteiger partial charge on any atom is 0.406 e. The molecule has 40 heavy (non-hydrogen) atoms. The second kappa shape index (κ2) is 15.3. The molecule has 3 N–H and O–H groups in total. The Morgan fingerprint density at radius 1 is 1.15 bits per heavy atom. The number of hydrogen-bond acceptors (Lipinski definition) is 8. The first-order valence-electron chi connectivity index (χ1n) is 13.2. The zero-order valence-electron chi connectivity index (χ0n) is 23.1. The quantitative estimate of drug-likeness (QED) is 0.300. The summed E-state index contributed by atoms with van der Waals surface area (Å²) in [4.78, 5) is 24.7. The number of rotatable bonds is 13. The van der Waals surface area contributed by atoms with Crippen molar-refractivity contribution in [2.24, 2.45) is 5.92 Å². The average molecular weight is 596 g/mol. The second-order valence-corrected chi connectivity index (χ2v) is 12.3. The number of carbonyl (C=O) groups excluding carboxylic acids is 2. The van der Waals surface area contributed by atoms with Crippen molar-refractivity contribution < 1.29 is 32.2 Å². The smallest absolute Gasteiger partial charge is 0.406 e. The lowest BCUT2D eigenvalue weighted by atomic mass is 9.94. The molecule has 0 saturated carbocycles. The van der Waals surface area contributed by atoms with Crippen LogP contribution in [0.2, 0.25) is 5.02 Å². The lowest BCUT2D eigenvalue weighted by Crippen LogP contribution is -2.41. The molecule has 1 aliphatic rings. The fraction of sp³-hybridized carbons (Fsp3) is 0.500. The number of carbonyl (C=O) groups is 2. The van der Waals surface area contributed by atoms with Crippen LogP contribution >= 0.6 is 11.6 Å². The molecule has 3 rings (SSSR count). The van der Waals surface area contributed by atoms with Gasteiger partial charge in [-0.15, -0.1) is 0 Å². The fourth-order valence-electron chi connectivity index (χ4n) is 4.59. The van der Waals surface area contributed by atoms with Gasteiger partial charge in [-0.1, -0.05) is 23.7 Å². The Labute approximate surface area is 241 Å². The predicted octanol–water partition coefficient (Wildman–Crippen LogP) is 3.34. The molecule has 0 aromatic heterocycles. The predicted molar refractivity (Wildman–Crippen MR) is 153 cm³/mol. The summed E-state index contributed by atoms with van der Waals surface area (Å²) in [7, 11) is -0.548. The number of benzene rings is 2. The summed E-state index contributed by atoms with van der Waals surface area (Å²) >= 11 is 6.24. The van der Waals surface area contributed by atoms with Gasteiger partial charge < -0.3 is 30.2 Å². The summed E-state index contributed by atoms with van der Waals surface area (Å²) in [6, 6.07) is 11.5. The van der Waals surface area contributed by atoms with E-state index in [1.165, 1.54) is 19.2 Å². The van der Waals surface area contributed by atoms with E-state index in [1.54, 1.807) is 30.3 Å². The van der Waals surface area contributed by atoms with Gasteiger partial charge in [0, 0.05) is 49.2 Å². The molecule has 0 radical (unpaired) electrons. The Morgan fingerprint density at radius 2 is 1.95 bits per heavy atom. The molecule has 1 aliphatic heterocycles. The monoisotopic (exact) mass is 595 g/mol. The van der Waals surface area contributed by atoms with Gasteiger partial charge in [-0.25, -0.2) is 13.2 Å². The van der Waals surface area contributed by atoms with Crippen molar-refractivity contribution in [3.63, 3.8) is 0 Å². The highest BCUT2D eigenvalue weighted by Gasteiger charge is 2.23. The van der Waals surface area contributed by atoms with Crippen LogP contribution in [0.25, 0.3) is 0 Å². The number of ether oxygens (including phenoxy) is 3. The van der Waals surface area contributed by atoms with Gasteiger partial charge in [0.1, 0.15) is 6.10 Å². The number of methoxy groups -OCH3 is 1. The summed E-state index contributed by atoms with van der Waals surface area (Å²) in [5.74, 6) is 0.0247. The summed E-state index contributed by atoms with van der Waals surface area (Å²) in [6.45, 7) is 2.12. The highest BCUT2D eigenvalue weighted by molar-refractivity contribution is 7.90. The Morgan fingerprint density at radius 3 is 2.60 bits per heavy atom. The lowest BCUT2D eigenvalue weighted by molar-refractivity contribution is 0.0478. The topological polar surface area (TPSA) is 132 Å². The van der Waals surface area contributed by atoms with Crippen LogP contribution in [0, 0.1) is 5.92 Å². The van der Waals surface area contributed by atoms with Crippen LogP contribution in [0.5, 0.6) is 0 Å². The maximum absolute atomic E-state index is 13.3. The molecule has 2 aromatic carbocycles. The van der Waals surface area contributed by atoms with Crippen LogP contribution < -0.4 is 16.0 Å². The first-order chi connectivity index (χ1) is 19.1. The molecule has 2 aromatic rings. The van der Waals surface area contributed by atoms with Crippen LogP contribution in [0.1, 0.15) is 46.9 Å². The minimum Gasteiger partial charge on any atom is -0.453 e. The van der Waals surface area contributed by atoms with Crippen molar-refractivity contribution in [2.75, 3.05) is 53.3 Å². The largest absolute Gasteiger partial charge is 0.453 e. The molecule has 1 saturated heterocycles. The Hall–Kier alpha value is -2.70. The molecule has 12 heteroatoms. The third-order valence-corrected chi connectivity index (χ3v) is 8.03. The van der Waals surface area contributed by atoms with Crippen molar-refractivity contribution in [1.82, 2.24) is 16.0 Å². The van der Waals surface area contributed by atoms with Gasteiger partial charge >= 0.3 is 6.09 Å². The molecule has 220 valence electrons. The van der Waals surface area contributed by atoms with Gasteiger partial charge in [-0.2, -0.15) is 0 Å². The van der Waals surface area contributed by atoms with Crippen molar-refractivity contribution in [2.45, 2.75) is 36.3 Å². The number of amides is 2.